The van der Waals surface area contributed by atoms with Crippen LogP contribution in [0.5, 0.6) is 0 Å². The molecule has 126 valence electrons. The highest BCUT2D eigenvalue weighted by molar-refractivity contribution is 14.1. The number of nitrogens with one attached hydrogen (secondary N) is 1. The van der Waals surface area contributed by atoms with Gasteiger partial charge in [-0.3, -0.25) is 4.90 Å². The van der Waals surface area contributed by atoms with Crippen LogP contribution in [0.1, 0.15) is 24.4 Å². The summed E-state index contributed by atoms with van der Waals surface area (Å²) in [6, 6.07) is 9.62. The molecular formula is C16H25Cl2IN2O. The van der Waals surface area contributed by atoms with Gasteiger partial charge in [0.05, 0.1) is 0 Å². The molecule has 22 heavy (non-hydrogen) atoms. The maximum Gasteiger partial charge on any atom is 0.0469 e. The SMILES string of the molecule is Cl.Cl.Ic1cccc([C@H](C2CCOCC2)N2CCNCC2)c1. The van der Waals surface area contributed by atoms with Crippen molar-refractivity contribution in [1.29, 1.82) is 0 Å². The third kappa shape index (κ3) is 5.21. The topological polar surface area (TPSA) is 24.5 Å². The molecule has 0 unspecified atom stereocenters. The molecule has 3 rings (SSSR count). The summed E-state index contributed by atoms with van der Waals surface area (Å²) in [5, 5.41) is 3.47. The zero-order valence-corrected chi connectivity index (χ0v) is 16.5. The van der Waals surface area contributed by atoms with Gasteiger partial charge in [-0.2, -0.15) is 0 Å². The molecule has 1 aromatic carbocycles. The van der Waals surface area contributed by atoms with Crippen LogP contribution in [0.15, 0.2) is 24.3 Å². The van der Waals surface area contributed by atoms with E-state index in [4.69, 9.17) is 4.74 Å². The number of halogens is 3. The Morgan fingerprint density at radius 2 is 1.82 bits per heavy atom. The first-order chi connectivity index (χ1) is 9.84. The maximum atomic E-state index is 5.56. The molecule has 2 fully saturated rings. The molecule has 2 aliphatic heterocycles. The van der Waals surface area contributed by atoms with Gasteiger partial charge in [-0.15, -0.1) is 24.8 Å². The van der Waals surface area contributed by atoms with Crippen LogP contribution in [-0.4, -0.2) is 44.3 Å². The highest BCUT2D eigenvalue weighted by Crippen LogP contribution is 2.35. The first-order valence-electron chi connectivity index (χ1n) is 7.62. The van der Waals surface area contributed by atoms with Gasteiger partial charge in [0.15, 0.2) is 0 Å². The lowest BCUT2D eigenvalue weighted by atomic mass is 9.85. The fourth-order valence-corrected chi connectivity index (χ4v) is 4.03. The molecular weight excluding hydrogens is 434 g/mol. The highest BCUT2D eigenvalue weighted by Gasteiger charge is 2.31. The summed E-state index contributed by atoms with van der Waals surface area (Å²) in [4.78, 5) is 2.68. The van der Waals surface area contributed by atoms with Crippen LogP contribution in [0.2, 0.25) is 0 Å². The van der Waals surface area contributed by atoms with E-state index in [1.54, 1.807) is 0 Å². The standard InChI is InChI=1S/C16H23IN2O.2ClH/c17-15-3-1-2-14(12-15)16(13-4-10-20-11-5-13)19-8-6-18-7-9-19;;/h1-3,12-13,16,18H,4-11H2;2*1H/t16-;;/m0../s1. The van der Waals surface area contributed by atoms with Crippen LogP contribution in [0.4, 0.5) is 0 Å². The van der Waals surface area contributed by atoms with E-state index < -0.39 is 0 Å². The van der Waals surface area contributed by atoms with E-state index in [1.807, 2.05) is 0 Å². The van der Waals surface area contributed by atoms with Gasteiger partial charge in [0.25, 0.3) is 0 Å². The van der Waals surface area contributed by atoms with Crippen LogP contribution in [0, 0.1) is 9.49 Å². The van der Waals surface area contributed by atoms with Gasteiger partial charge in [0.2, 0.25) is 0 Å². The Hall–Kier alpha value is 0.410. The van der Waals surface area contributed by atoms with E-state index in [-0.39, 0.29) is 24.8 Å². The molecule has 0 bridgehead atoms. The summed E-state index contributed by atoms with van der Waals surface area (Å²) in [5.74, 6) is 0.736. The molecule has 1 N–H and O–H groups in total. The van der Waals surface area contributed by atoms with Gasteiger partial charge in [-0.25, -0.2) is 0 Å². The van der Waals surface area contributed by atoms with Crippen molar-refractivity contribution in [3.8, 4) is 0 Å². The fraction of sp³-hybridized carbons (Fsp3) is 0.625. The van der Waals surface area contributed by atoms with E-state index in [0.29, 0.717) is 6.04 Å². The van der Waals surface area contributed by atoms with E-state index in [1.165, 1.54) is 22.0 Å². The van der Waals surface area contributed by atoms with Gasteiger partial charge in [0.1, 0.15) is 0 Å². The molecule has 1 atom stereocenters. The predicted octanol–water partition coefficient (Wildman–Crippen LogP) is 3.51. The van der Waals surface area contributed by atoms with Crippen molar-refractivity contribution in [2.45, 2.75) is 18.9 Å². The van der Waals surface area contributed by atoms with Crippen molar-refractivity contribution in [3.63, 3.8) is 0 Å². The molecule has 0 aromatic heterocycles. The van der Waals surface area contributed by atoms with Gasteiger partial charge >= 0.3 is 0 Å². The quantitative estimate of drug-likeness (QED) is 0.701. The lowest BCUT2D eigenvalue weighted by Gasteiger charge is -2.41. The number of rotatable bonds is 3. The second kappa shape index (κ2) is 10.3. The van der Waals surface area contributed by atoms with Crippen molar-refractivity contribution in [3.05, 3.63) is 33.4 Å². The van der Waals surface area contributed by atoms with Crippen molar-refractivity contribution in [2.24, 2.45) is 5.92 Å². The summed E-state index contributed by atoms with van der Waals surface area (Å²) in [6.45, 7) is 6.41. The molecule has 0 spiro atoms. The Bertz CT molecular complexity index is 420. The smallest absolute Gasteiger partial charge is 0.0469 e. The summed E-state index contributed by atoms with van der Waals surface area (Å²) in [6.07, 6.45) is 2.39. The highest BCUT2D eigenvalue weighted by atomic mass is 127. The molecule has 0 aliphatic carbocycles. The van der Waals surface area contributed by atoms with Gasteiger partial charge in [0, 0.05) is 49.0 Å². The van der Waals surface area contributed by atoms with Crippen LogP contribution < -0.4 is 5.32 Å². The summed E-state index contributed by atoms with van der Waals surface area (Å²) in [5.41, 5.74) is 1.49. The van der Waals surface area contributed by atoms with Crippen molar-refractivity contribution >= 4 is 47.4 Å². The van der Waals surface area contributed by atoms with Gasteiger partial charge in [-0.1, -0.05) is 12.1 Å². The number of hydrogen-bond acceptors (Lipinski definition) is 3. The lowest BCUT2D eigenvalue weighted by Crippen LogP contribution is -2.47. The Kier molecular flexibility index (Phi) is 9.59. The van der Waals surface area contributed by atoms with Crippen molar-refractivity contribution in [1.82, 2.24) is 10.2 Å². The normalized spacial score (nSPS) is 21.5. The predicted molar refractivity (Wildman–Crippen MR) is 104 cm³/mol. The van der Waals surface area contributed by atoms with Crippen LogP contribution in [0.3, 0.4) is 0 Å². The molecule has 0 radical (unpaired) electrons. The second-order valence-electron chi connectivity index (χ2n) is 5.74. The zero-order valence-electron chi connectivity index (χ0n) is 12.7. The minimum absolute atomic E-state index is 0. The molecule has 2 aliphatic rings. The van der Waals surface area contributed by atoms with Crippen LogP contribution >= 0.6 is 47.4 Å². The zero-order chi connectivity index (χ0) is 13.8. The Labute approximate surface area is 159 Å². The molecule has 0 amide bonds. The third-order valence-corrected chi connectivity index (χ3v) is 5.12. The van der Waals surface area contributed by atoms with E-state index in [2.05, 4.69) is 57.1 Å². The number of benzene rings is 1. The minimum Gasteiger partial charge on any atom is -0.381 e. The second-order valence-corrected chi connectivity index (χ2v) is 6.98. The average Bonchev–Trinajstić information content (AvgIpc) is 2.50. The van der Waals surface area contributed by atoms with E-state index >= 15 is 0 Å². The Morgan fingerprint density at radius 3 is 2.45 bits per heavy atom. The molecule has 1 aromatic rings. The fourth-order valence-electron chi connectivity index (χ4n) is 3.46. The third-order valence-electron chi connectivity index (χ3n) is 4.45. The Balaban J connectivity index is 0.00000121. The van der Waals surface area contributed by atoms with E-state index in [9.17, 15) is 0 Å². The average molecular weight is 459 g/mol. The minimum atomic E-state index is 0. The maximum absolute atomic E-state index is 5.56. The monoisotopic (exact) mass is 458 g/mol. The molecule has 6 heteroatoms. The molecule has 2 heterocycles. The molecule has 2 saturated heterocycles. The number of piperazine rings is 1. The Morgan fingerprint density at radius 1 is 1.14 bits per heavy atom. The van der Waals surface area contributed by atoms with Crippen molar-refractivity contribution < 1.29 is 4.74 Å². The van der Waals surface area contributed by atoms with Crippen LogP contribution in [-0.2, 0) is 4.74 Å². The summed E-state index contributed by atoms with van der Waals surface area (Å²) >= 11 is 2.42. The van der Waals surface area contributed by atoms with Gasteiger partial charge < -0.3 is 10.1 Å². The van der Waals surface area contributed by atoms with Crippen LogP contribution in [0.25, 0.3) is 0 Å². The summed E-state index contributed by atoms with van der Waals surface area (Å²) in [7, 11) is 0. The van der Waals surface area contributed by atoms with Gasteiger partial charge in [-0.05, 0) is 59.0 Å². The largest absolute Gasteiger partial charge is 0.381 e. The van der Waals surface area contributed by atoms with Crippen molar-refractivity contribution in [2.75, 3.05) is 39.4 Å². The number of ether oxygens (including phenoxy) is 1. The first kappa shape index (κ1) is 20.5. The molecule has 0 saturated carbocycles. The molecule has 3 nitrogen and oxygen atoms in total. The lowest BCUT2D eigenvalue weighted by molar-refractivity contribution is 0.0213. The number of nitrogens with zero attached hydrogens (tertiary/aromatic N) is 1. The van der Waals surface area contributed by atoms with E-state index in [0.717, 1.165) is 45.3 Å². The first-order valence-corrected chi connectivity index (χ1v) is 8.70. The summed E-state index contributed by atoms with van der Waals surface area (Å²) < 4.78 is 6.90. The number of hydrogen-bond donors (Lipinski definition) is 1.